The molecule has 174 valence electrons. The van der Waals surface area contributed by atoms with Gasteiger partial charge in [-0.1, -0.05) is 0 Å². The smallest absolute Gasteiger partial charge is 0.228 e. The van der Waals surface area contributed by atoms with E-state index in [1.165, 1.54) is 0 Å². The molecular weight excluding hydrogens is 424 g/mol. The van der Waals surface area contributed by atoms with E-state index in [0.717, 1.165) is 61.9 Å². The van der Waals surface area contributed by atoms with Gasteiger partial charge in [-0.05, 0) is 12.1 Å². The molecule has 2 fully saturated rings. The van der Waals surface area contributed by atoms with Gasteiger partial charge in [-0.3, -0.25) is 0 Å². The monoisotopic (exact) mass is 452 g/mol. The van der Waals surface area contributed by atoms with Gasteiger partial charge in [-0.15, -0.1) is 0 Å². The number of piperazine rings is 1. The zero-order valence-corrected chi connectivity index (χ0v) is 18.9. The van der Waals surface area contributed by atoms with Crippen LogP contribution in [0.25, 0.3) is 10.9 Å². The zero-order chi connectivity index (χ0) is 22.8. The molecule has 2 aliphatic rings. The molecule has 4 heterocycles. The van der Waals surface area contributed by atoms with E-state index < -0.39 is 0 Å². The Labute approximate surface area is 192 Å². The van der Waals surface area contributed by atoms with Crippen molar-refractivity contribution in [3.05, 3.63) is 24.4 Å². The molecule has 0 spiro atoms. The van der Waals surface area contributed by atoms with E-state index in [1.54, 1.807) is 14.2 Å². The van der Waals surface area contributed by atoms with Gasteiger partial charge in [0.1, 0.15) is 11.6 Å². The minimum absolute atomic E-state index is 0.421. The molecule has 0 aliphatic carbocycles. The number of nitrogens with two attached hydrogens (primary N) is 1. The molecule has 1 aromatic carbocycles. The Bertz CT molecular complexity index is 1130. The minimum Gasteiger partial charge on any atom is -0.493 e. The van der Waals surface area contributed by atoms with E-state index in [1.807, 2.05) is 24.4 Å². The van der Waals surface area contributed by atoms with Crippen LogP contribution in [0, 0.1) is 0 Å². The van der Waals surface area contributed by atoms with Crippen LogP contribution in [0.4, 0.5) is 23.5 Å². The maximum Gasteiger partial charge on any atom is 0.228 e. The van der Waals surface area contributed by atoms with Crippen LogP contribution in [0.2, 0.25) is 0 Å². The molecule has 0 saturated carbocycles. The second-order valence-corrected chi connectivity index (χ2v) is 7.92. The topological polar surface area (TPSA) is 115 Å². The number of nitrogen functional groups attached to an aromatic ring is 1. The number of methoxy groups -OCH3 is 2. The second-order valence-electron chi connectivity index (χ2n) is 7.92. The normalized spacial score (nSPS) is 16.8. The molecule has 3 aromatic rings. The number of benzene rings is 1. The summed E-state index contributed by atoms with van der Waals surface area (Å²) in [5.41, 5.74) is 7.00. The number of nitrogens with zero attached hydrogens (tertiary/aromatic N) is 7. The van der Waals surface area contributed by atoms with Crippen LogP contribution in [0.3, 0.4) is 0 Å². The van der Waals surface area contributed by atoms with Gasteiger partial charge in [-0.25, -0.2) is 9.97 Å². The lowest BCUT2D eigenvalue weighted by molar-refractivity contribution is 0.122. The predicted octanol–water partition coefficient (Wildman–Crippen LogP) is 1.18. The Balaban J connectivity index is 1.32. The van der Waals surface area contributed by atoms with E-state index >= 15 is 0 Å². The van der Waals surface area contributed by atoms with Gasteiger partial charge in [0.15, 0.2) is 11.5 Å². The quantitative estimate of drug-likeness (QED) is 0.602. The summed E-state index contributed by atoms with van der Waals surface area (Å²) in [7, 11) is 3.20. The van der Waals surface area contributed by atoms with Gasteiger partial charge in [0, 0.05) is 56.9 Å². The summed E-state index contributed by atoms with van der Waals surface area (Å²) in [5, 5.41) is 0.742. The van der Waals surface area contributed by atoms with Crippen molar-refractivity contribution in [2.75, 3.05) is 87.1 Å². The van der Waals surface area contributed by atoms with Gasteiger partial charge < -0.3 is 34.6 Å². The first-order valence-electron chi connectivity index (χ1n) is 11.0. The van der Waals surface area contributed by atoms with E-state index in [4.69, 9.17) is 29.9 Å². The van der Waals surface area contributed by atoms with Crippen molar-refractivity contribution < 1.29 is 14.2 Å². The molecule has 11 nitrogen and oxygen atoms in total. The number of aromatic nitrogens is 4. The van der Waals surface area contributed by atoms with Crippen molar-refractivity contribution >= 4 is 34.4 Å². The van der Waals surface area contributed by atoms with Crippen LogP contribution in [0.1, 0.15) is 0 Å². The predicted molar refractivity (Wildman–Crippen MR) is 127 cm³/mol. The molecule has 0 atom stereocenters. The number of hydrogen-bond donors (Lipinski definition) is 1. The SMILES string of the molecule is COc1cc2nc(N3CCN(c4ccnc(N5CCOCC5)n4)CC3)nc(N)c2cc1OC. The van der Waals surface area contributed by atoms with Crippen LogP contribution < -0.4 is 29.9 Å². The second kappa shape index (κ2) is 9.10. The average Bonchev–Trinajstić information content (AvgIpc) is 2.88. The fraction of sp³-hybridized carbons (Fsp3) is 0.455. The van der Waals surface area contributed by atoms with Gasteiger partial charge in [0.05, 0.1) is 33.0 Å². The molecule has 0 radical (unpaired) electrons. The van der Waals surface area contributed by atoms with Crippen molar-refractivity contribution in [1.82, 2.24) is 19.9 Å². The summed E-state index contributed by atoms with van der Waals surface area (Å²) < 4.78 is 16.2. The van der Waals surface area contributed by atoms with Crippen LogP contribution in [-0.2, 0) is 4.74 Å². The average molecular weight is 453 g/mol. The van der Waals surface area contributed by atoms with Gasteiger partial charge in [0.2, 0.25) is 11.9 Å². The molecule has 0 unspecified atom stereocenters. The van der Waals surface area contributed by atoms with Crippen LogP contribution in [-0.4, -0.2) is 86.6 Å². The Kier molecular flexibility index (Phi) is 5.86. The maximum atomic E-state index is 6.27. The number of hydrogen-bond acceptors (Lipinski definition) is 11. The van der Waals surface area contributed by atoms with Gasteiger partial charge >= 0.3 is 0 Å². The Hall–Kier alpha value is -3.60. The standard InChI is InChI=1S/C22H28N8O3/c1-31-17-13-15-16(14-18(17)32-2)25-22(27-20(15)23)29-7-5-28(6-8-29)19-3-4-24-21(26-19)30-9-11-33-12-10-30/h3-4,13-14H,5-12H2,1-2H3,(H2,23,25,27). The molecule has 2 aliphatic heterocycles. The summed E-state index contributed by atoms with van der Waals surface area (Å²) in [6.45, 7) is 6.16. The highest BCUT2D eigenvalue weighted by molar-refractivity contribution is 5.91. The zero-order valence-electron chi connectivity index (χ0n) is 18.9. The molecule has 2 N–H and O–H groups in total. The molecule has 11 heteroatoms. The molecule has 33 heavy (non-hydrogen) atoms. The molecule has 5 rings (SSSR count). The van der Waals surface area contributed by atoms with Crippen LogP contribution >= 0.6 is 0 Å². The van der Waals surface area contributed by atoms with E-state index in [9.17, 15) is 0 Å². The highest BCUT2D eigenvalue weighted by atomic mass is 16.5. The van der Waals surface area contributed by atoms with Gasteiger partial charge in [0.25, 0.3) is 0 Å². The molecule has 0 amide bonds. The lowest BCUT2D eigenvalue weighted by Gasteiger charge is -2.36. The van der Waals surface area contributed by atoms with Crippen molar-refractivity contribution in [3.63, 3.8) is 0 Å². The molecule has 2 saturated heterocycles. The third-order valence-corrected chi connectivity index (χ3v) is 6.03. The number of ether oxygens (including phenoxy) is 3. The minimum atomic E-state index is 0.421. The first kappa shape index (κ1) is 21.3. The third kappa shape index (κ3) is 4.23. The van der Waals surface area contributed by atoms with E-state index in [0.29, 0.717) is 36.5 Å². The first-order valence-corrected chi connectivity index (χ1v) is 11.0. The lowest BCUT2D eigenvalue weighted by atomic mass is 10.2. The van der Waals surface area contributed by atoms with E-state index in [2.05, 4.69) is 24.7 Å². The van der Waals surface area contributed by atoms with Crippen molar-refractivity contribution in [1.29, 1.82) is 0 Å². The molecular formula is C22H28N8O3. The number of morpholine rings is 1. The highest BCUT2D eigenvalue weighted by Gasteiger charge is 2.23. The van der Waals surface area contributed by atoms with Crippen molar-refractivity contribution in [3.8, 4) is 11.5 Å². The number of fused-ring (bicyclic) bond motifs is 1. The van der Waals surface area contributed by atoms with Gasteiger partial charge in [-0.2, -0.15) is 9.97 Å². The summed E-state index contributed by atoms with van der Waals surface area (Å²) in [5.74, 6) is 3.93. The van der Waals surface area contributed by atoms with E-state index in [-0.39, 0.29) is 0 Å². The molecule has 0 bridgehead atoms. The highest BCUT2D eigenvalue weighted by Crippen LogP contribution is 2.34. The summed E-state index contributed by atoms with van der Waals surface area (Å²) >= 11 is 0. The van der Waals surface area contributed by atoms with Crippen LogP contribution in [0.5, 0.6) is 11.5 Å². The maximum absolute atomic E-state index is 6.27. The fourth-order valence-corrected chi connectivity index (χ4v) is 4.17. The first-order chi connectivity index (χ1) is 16.2. The summed E-state index contributed by atoms with van der Waals surface area (Å²) in [6.07, 6.45) is 1.83. The Morgan fingerprint density at radius 2 is 1.48 bits per heavy atom. The third-order valence-electron chi connectivity index (χ3n) is 6.03. The van der Waals surface area contributed by atoms with Crippen molar-refractivity contribution in [2.24, 2.45) is 0 Å². The Morgan fingerprint density at radius 3 is 2.21 bits per heavy atom. The Morgan fingerprint density at radius 1 is 0.818 bits per heavy atom. The number of rotatable bonds is 5. The largest absolute Gasteiger partial charge is 0.493 e. The molecule has 2 aromatic heterocycles. The summed E-state index contributed by atoms with van der Waals surface area (Å²) in [4.78, 5) is 25.1. The lowest BCUT2D eigenvalue weighted by Crippen LogP contribution is -2.47. The summed E-state index contributed by atoms with van der Waals surface area (Å²) in [6, 6.07) is 5.61. The fourth-order valence-electron chi connectivity index (χ4n) is 4.17. The van der Waals surface area contributed by atoms with Crippen LogP contribution in [0.15, 0.2) is 24.4 Å². The number of anilines is 4. The van der Waals surface area contributed by atoms with Crippen molar-refractivity contribution in [2.45, 2.75) is 0 Å².